The molecule has 2 N–H and O–H groups in total. The first kappa shape index (κ1) is 26.6. The van der Waals surface area contributed by atoms with Gasteiger partial charge in [0.25, 0.3) is 27.8 Å². The second-order valence-corrected chi connectivity index (χ2v) is 11.3. The van der Waals surface area contributed by atoms with Crippen molar-refractivity contribution in [1.82, 2.24) is 4.72 Å². The number of nitrogens with one attached hydrogen (secondary N) is 2. The highest BCUT2D eigenvalue weighted by Gasteiger charge is 2.57. The van der Waals surface area contributed by atoms with Gasteiger partial charge >= 0.3 is 0 Å². The molecule has 0 aliphatic carbocycles. The SMILES string of the molecule is CCC(F)(F)c1cccc(NC(=O)c2cc(S(=O)(=O)NC3(C(F)(F)CC)CCOC3)sc2C)c1. The fourth-order valence-electron chi connectivity index (χ4n) is 3.69. The molecular formula is C22H26F4N2O4S2. The Morgan fingerprint density at radius 1 is 1.18 bits per heavy atom. The van der Waals surface area contributed by atoms with Gasteiger partial charge in [-0.05, 0) is 31.5 Å². The van der Waals surface area contributed by atoms with E-state index in [4.69, 9.17) is 4.74 Å². The van der Waals surface area contributed by atoms with E-state index in [1.54, 1.807) is 0 Å². The smallest absolute Gasteiger partial charge is 0.273 e. The normalized spacial score (nSPS) is 19.4. The van der Waals surface area contributed by atoms with E-state index in [2.05, 4.69) is 10.0 Å². The molecule has 1 aromatic heterocycles. The highest BCUT2D eigenvalue weighted by atomic mass is 32.2. The summed E-state index contributed by atoms with van der Waals surface area (Å²) in [5.74, 6) is -7.11. The first-order valence-electron chi connectivity index (χ1n) is 10.7. The Bertz CT molecular complexity index is 1160. The topological polar surface area (TPSA) is 84.5 Å². The summed E-state index contributed by atoms with van der Waals surface area (Å²) >= 11 is 0.755. The largest absolute Gasteiger partial charge is 0.379 e. The quantitative estimate of drug-likeness (QED) is 0.438. The molecule has 0 saturated carbocycles. The molecule has 0 bridgehead atoms. The van der Waals surface area contributed by atoms with Crippen LogP contribution in [0.2, 0.25) is 0 Å². The van der Waals surface area contributed by atoms with Crippen molar-refractivity contribution in [2.75, 3.05) is 18.5 Å². The van der Waals surface area contributed by atoms with Crippen LogP contribution in [0.3, 0.4) is 0 Å². The number of alkyl halides is 4. The molecule has 1 aliphatic heterocycles. The van der Waals surface area contributed by atoms with Gasteiger partial charge in [0.05, 0.1) is 12.2 Å². The Balaban J connectivity index is 1.85. The molecular weight excluding hydrogens is 496 g/mol. The molecule has 0 spiro atoms. The molecule has 12 heteroatoms. The molecule has 0 radical (unpaired) electrons. The van der Waals surface area contributed by atoms with Gasteiger partial charge in [0.1, 0.15) is 9.75 Å². The average molecular weight is 523 g/mol. The minimum Gasteiger partial charge on any atom is -0.379 e. The van der Waals surface area contributed by atoms with Crippen molar-refractivity contribution in [3.8, 4) is 0 Å². The summed E-state index contributed by atoms with van der Waals surface area (Å²) in [5, 5.41) is 2.49. The van der Waals surface area contributed by atoms with Crippen LogP contribution in [-0.2, 0) is 20.7 Å². The number of benzene rings is 1. The predicted molar refractivity (Wildman–Crippen MR) is 121 cm³/mol. The van der Waals surface area contributed by atoms with Crippen LogP contribution >= 0.6 is 11.3 Å². The molecule has 3 rings (SSSR count). The summed E-state index contributed by atoms with van der Waals surface area (Å²) in [6, 6.07) is 6.31. The summed E-state index contributed by atoms with van der Waals surface area (Å²) < 4.78 is 90.1. The van der Waals surface area contributed by atoms with Crippen LogP contribution in [0.25, 0.3) is 0 Å². The van der Waals surface area contributed by atoms with Gasteiger partial charge < -0.3 is 10.1 Å². The van der Waals surface area contributed by atoms with Crippen molar-refractivity contribution in [2.45, 2.75) is 61.6 Å². The van der Waals surface area contributed by atoms with Crippen LogP contribution in [0.15, 0.2) is 34.5 Å². The summed E-state index contributed by atoms with van der Waals surface area (Å²) in [7, 11) is -4.40. The van der Waals surface area contributed by atoms with Gasteiger partial charge in [0.2, 0.25) is 0 Å². The molecule has 6 nitrogen and oxygen atoms in total. The monoisotopic (exact) mass is 522 g/mol. The third-order valence-corrected chi connectivity index (χ3v) is 8.95. The minimum absolute atomic E-state index is 0.00277. The highest BCUT2D eigenvalue weighted by Crippen LogP contribution is 2.40. The number of ether oxygens (including phenoxy) is 1. The number of hydrogen-bond acceptors (Lipinski definition) is 5. The first-order valence-corrected chi connectivity index (χ1v) is 13.0. The lowest BCUT2D eigenvalue weighted by molar-refractivity contribution is -0.0856. The second kappa shape index (κ2) is 9.56. The number of rotatable bonds is 9. The summed E-state index contributed by atoms with van der Waals surface area (Å²) in [6.07, 6.45) is -1.18. The number of carbonyl (C=O) groups excluding carboxylic acids is 1. The number of hydrogen-bond donors (Lipinski definition) is 2. The number of sulfonamides is 1. The number of thiophene rings is 1. The molecule has 2 aromatic rings. The minimum atomic E-state index is -4.40. The molecule has 1 aromatic carbocycles. The maximum Gasteiger partial charge on any atom is 0.273 e. The Morgan fingerprint density at radius 3 is 2.47 bits per heavy atom. The molecule has 1 atom stereocenters. The summed E-state index contributed by atoms with van der Waals surface area (Å²) in [6.45, 7) is 3.63. The number of halogens is 4. The van der Waals surface area contributed by atoms with Crippen LogP contribution in [0, 0.1) is 6.92 Å². The Labute approximate surface area is 199 Å². The van der Waals surface area contributed by atoms with E-state index in [0.717, 1.165) is 23.5 Å². The van der Waals surface area contributed by atoms with Crippen molar-refractivity contribution >= 4 is 33.0 Å². The zero-order valence-electron chi connectivity index (χ0n) is 18.9. The van der Waals surface area contributed by atoms with Crippen molar-refractivity contribution in [1.29, 1.82) is 0 Å². The van der Waals surface area contributed by atoms with Gasteiger partial charge in [-0.2, -0.15) is 4.72 Å². The average Bonchev–Trinajstić information content (AvgIpc) is 3.41. The lowest BCUT2D eigenvalue weighted by Gasteiger charge is -2.35. The zero-order chi connectivity index (χ0) is 25.4. The van der Waals surface area contributed by atoms with E-state index < -0.39 is 52.8 Å². The third kappa shape index (κ3) is 5.14. The summed E-state index contributed by atoms with van der Waals surface area (Å²) in [5.41, 5.74) is -2.22. The number of anilines is 1. The van der Waals surface area contributed by atoms with Gasteiger partial charge in [-0.1, -0.05) is 26.0 Å². The van der Waals surface area contributed by atoms with E-state index in [1.165, 1.54) is 39.0 Å². The van der Waals surface area contributed by atoms with Crippen LogP contribution in [-0.4, -0.2) is 39.0 Å². The standard InChI is InChI=1S/C22H26F4N2O4S2/c1-4-21(23,24)15-7-6-8-16(11-15)27-19(29)17-12-18(33-14(17)3)34(30,31)28-20(9-10-32-13-20)22(25,26)5-2/h6-8,11-12,28H,4-5,9-10,13H2,1-3H3,(H,27,29). The molecule has 2 heterocycles. The molecule has 1 saturated heterocycles. The second-order valence-electron chi connectivity index (χ2n) is 8.18. The van der Waals surface area contributed by atoms with Crippen molar-refractivity contribution < 1.29 is 35.5 Å². The first-order chi connectivity index (χ1) is 15.8. The predicted octanol–water partition coefficient (Wildman–Crippen LogP) is 5.29. The van der Waals surface area contributed by atoms with Crippen LogP contribution in [0.5, 0.6) is 0 Å². The third-order valence-electron chi connectivity index (χ3n) is 5.89. The Hall–Kier alpha value is -2.02. The van der Waals surface area contributed by atoms with Gasteiger partial charge in [0.15, 0.2) is 0 Å². The van der Waals surface area contributed by atoms with Crippen LogP contribution < -0.4 is 10.0 Å². The lowest BCUT2D eigenvalue weighted by atomic mass is 9.90. The van der Waals surface area contributed by atoms with Gasteiger partial charge in [-0.3, -0.25) is 4.79 Å². The van der Waals surface area contributed by atoms with Crippen molar-refractivity contribution in [3.05, 3.63) is 46.3 Å². The van der Waals surface area contributed by atoms with E-state index in [9.17, 15) is 30.8 Å². The van der Waals surface area contributed by atoms with Crippen molar-refractivity contribution in [2.24, 2.45) is 0 Å². The fraction of sp³-hybridized carbons (Fsp3) is 0.500. The Morgan fingerprint density at radius 2 is 1.88 bits per heavy atom. The van der Waals surface area contributed by atoms with E-state index >= 15 is 0 Å². The molecule has 34 heavy (non-hydrogen) atoms. The van der Waals surface area contributed by atoms with Crippen LogP contribution in [0.4, 0.5) is 23.2 Å². The zero-order valence-corrected chi connectivity index (χ0v) is 20.5. The molecule has 1 unspecified atom stereocenters. The van der Waals surface area contributed by atoms with Gasteiger partial charge in [0, 0.05) is 35.6 Å². The number of aryl methyl sites for hydroxylation is 1. The molecule has 188 valence electrons. The maximum atomic E-state index is 14.6. The fourth-order valence-corrected chi connectivity index (χ4v) is 6.57. The Kier molecular flexibility index (Phi) is 7.47. The number of carbonyl (C=O) groups is 1. The van der Waals surface area contributed by atoms with Crippen molar-refractivity contribution in [3.63, 3.8) is 0 Å². The van der Waals surface area contributed by atoms with E-state index in [1.807, 2.05) is 0 Å². The van der Waals surface area contributed by atoms with E-state index in [0.29, 0.717) is 4.88 Å². The molecule has 1 aliphatic rings. The molecule has 1 amide bonds. The van der Waals surface area contributed by atoms with E-state index in [-0.39, 0.29) is 34.1 Å². The highest BCUT2D eigenvalue weighted by molar-refractivity contribution is 7.91. The lowest BCUT2D eigenvalue weighted by Crippen LogP contribution is -2.60. The van der Waals surface area contributed by atoms with Crippen LogP contribution in [0.1, 0.15) is 53.9 Å². The summed E-state index contributed by atoms with van der Waals surface area (Å²) in [4.78, 5) is 13.1. The number of amides is 1. The molecule has 1 fully saturated rings. The maximum absolute atomic E-state index is 14.6. The van der Waals surface area contributed by atoms with Gasteiger partial charge in [-0.15, -0.1) is 11.3 Å². The van der Waals surface area contributed by atoms with Gasteiger partial charge in [-0.25, -0.2) is 26.0 Å².